The molecule has 5 heteroatoms. The second kappa shape index (κ2) is 7.78. The average Bonchev–Trinajstić information content (AvgIpc) is 3.12. The number of nitrogens with zero attached hydrogens (tertiary/aromatic N) is 4. The number of para-hydroxylation sites is 1. The number of likely N-dealkylation sites (N-methyl/N-ethyl adjacent to an activating group) is 1. The lowest BCUT2D eigenvalue weighted by molar-refractivity contribution is 0.0766. The number of aromatic nitrogens is 3. The van der Waals surface area contributed by atoms with Crippen molar-refractivity contribution < 1.29 is 4.79 Å². The number of amides is 1. The molecule has 3 aromatic rings. The van der Waals surface area contributed by atoms with Crippen LogP contribution >= 0.6 is 0 Å². The molecule has 0 aliphatic carbocycles. The minimum atomic E-state index is -0.192. The van der Waals surface area contributed by atoms with E-state index < -0.39 is 0 Å². The molecule has 132 valence electrons. The van der Waals surface area contributed by atoms with Gasteiger partial charge in [-0.1, -0.05) is 60.7 Å². The minimum Gasteiger partial charge on any atom is -0.332 e. The van der Waals surface area contributed by atoms with Gasteiger partial charge >= 0.3 is 0 Å². The molecule has 1 aromatic heterocycles. The van der Waals surface area contributed by atoms with Crippen molar-refractivity contribution in [3.8, 4) is 17.1 Å². The van der Waals surface area contributed by atoms with Crippen LogP contribution in [0.3, 0.4) is 0 Å². The zero-order valence-corrected chi connectivity index (χ0v) is 15.1. The second-order valence-electron chi connectivity index (χ2n) is 6.15. The van der Waals surface area contributed by atoms with E-state index in [9.17, 15) is 4.79 Å². The highest BCUT2D eigenvalue weighted by molar-refractivity contribution is 5.91. The van der Waals surface area contributed by atoms with Crippen molar-refractivity contribution in [2.24, 2.45) is 0 Å². The first-order chi connectivity index (χ1) is 12.6. The predicted molar refractivity (Wildman–Crippen MR) is 103 cm³/mol. The number of hydrogen-bond acceptors (Lipinski definition) is 3. The van der Waals surface area contributed by atoms with E-state index in [0.29, 0.717) is 18.9 Å². The largest absolute Gasteiger partial charge is 0.332 e. The molecule has 1 amide bonds. The summed E-state index contributed by atoms with van der Waals surface area (Å²) in [6.07, 6.45) is 0. The Labute approximate surface area is 153 Å². The van der Waals surface area contributed by atoms with Crippen LogP contribution in [0.15, 0.2) is 72.8 Å². The molecule has 0 aliphatic rings. The Hall–Kier alpha value is -3.21. The van der Waals surface area contributed by atoms with Gasteiger partial charge in [0, 0.05) is 18.7 Å². The standard InChI is InChI=1S/C21H22N4O/c1-4-24(15-16(2)3)21(26)19-22-20(17-11-7-5-8-12-17)25(23-19)18-13-9-6-10-14-18/h5-14H,2,4,15H2,1,3H3. The lowest BCUT2D eigenvalue weighted by atomic mass is 10.2. The van der Waals surface area contributed by atoms with Gasteiger partial charge in [-0.2, -0.15) is 0 Å². The van der Waals surface area contributed by atoms with Crippen LogP contribution < -0.4 is 0 Å². The Balaban J connectivity index is 2.07. The summed E-state index contributed by atoms with van der Waals surface area (Å²) in [6, 6.07) is 19.5. The number of hydrogen-bond donors (Lipinski definition) is 0. The first-order valence-corrected chi connectivity index (χ1v) is 8.61. The predicted octanol–water partition coefficient (Wildman–Crippen LogP) is 3.97. The van der Waals surface area contributed by atoms with Crippen molar-refractivity contribution in [3.63, 3.8) is 0 Å². The molecule has 0 aliphatic heterocycles. The average molecular weight is 346 g/mol. The Morgan fingerprint density at radius 3 is 2.27 bits per heavy atom. The maximum atomic E-state index is 12.9. The summed E-state index contributed by atoms with van der Waals surface area (Å²) in [6.45, 7) is 8.81. The van der Waals surface area contributed by atoms with E-state index in [1.807, 2.05) is 74.5 Å². The fourth-order valence-corrected chi connectivity index (χ4v) is 2.72. The van der Waals surface area contributed by atoms with Gasteiger partial charge in [-0.15, -0.1) is 5.10 Å². The van der Waals surface area contributed by atoms with Crippen molar-refractivity contribution in [2.75, 3.05) is 13.1 Å². The molecule has 0 unspecified atom stereocenters. The van der Waals surface area contributed by atoms with Gasteiger partial charge in [0.05, 0.1) is 5.69 Å². The molecule has 0 atom stereocenters. The Morgan fingerprint density at radius 2 is 1.69 bits per heavy atom. The maximum absolute atomic E-state index is 12.9. The van der Waals surface area contributed by atoms with E-state index in [2.05, 4.69) is 16.7 Å². The fraction of sp³-hybridized carbons (Fsp3) is 0.190. The number of carbonyl (C=O) groups is 1. The molecule has 2 aromatic carbocycles. The third-order valence-electron chi connectivity index (χ3n) is 3.96. The molecule has 5 nitrogen and oxygen atoms in total. The first-order valence-electron chi connectivity index (χ1n) is 8.61. The normalized spacial score (nSPS) is 10.5. The molecule has 0 N–H and O–H groups in total. The molecule has 0 fully saturated rings. The van der Waals surface area contributed by atoms with Gasteiger partial charge < -0.3 is 4.90 Å². The van der Waals surface area contributed by atoms with Gasteiger partial charge in [-0.05, 0) is 26.0 Å². The van der Waals surface area contributed by atoms with Gasteiger partial charge in [-0.3, -0.25) is 4.79 Å². The zero-order chi connectivity index (χ0) is 18.5. The topological polar surface area (TPSA) is 51.0 Å². The summed E-state index contributed by atoms with van der Waals surface area (Å²) in [7, 11) is 0. The molecule has 0 radical (unpaired) electrons. The van der Waals surface area contributed by atoms with E-state index in [4.69, 9.17) is 0 Å². The van der Waals surface area contributed by atoms with Crippen LogP contribution in [-0.4, -0.2) is 38.7 Å². The molecule has 26 heavy (non-hydrogen) atoms. The van der Waals surface area contributed by atoms with Crippen LogP contribution in [0.1, 0.15) is 24.5 Å². The number of rotatable bonds is 6. The van der Waals surface area contributed by atoms with Crippen molar-refractivity contribution in [3.05, 3.63) is 78.6 Å². The van der Waals surface area contributed by atoms with Crippen LogP contribution in [-0.2, 0) is 0 Å². The van der Waals surface area contributed by atoms with Gasteiger partial charge in [-0.25, -0.2) is 9.67 Å². The van der Waals surface area contributed by atoms with Gasteiger partial charge in [0.2, 0.25) is 5.82 Å². The van der Waals surface area contributed by atoms with Crippen LogP contribution in [0, 0.1) is 0 Å². The van der Waals surface area contributed by atoms with E-state index in [1.54, 1.807) is 9.58 Å². The fourth-order valence-electron chi connectivity index (χ4n) is 2.72. The summed E-state index contributed by atoms with van der Waals surface area (Å²) in [4.78, 5) is 19.1. The highest BCUT2D eigenvalue weighted by atomic mass is 16.2. The summed E-state index contributed by atoms with van der Waals surface area (Å²) in [5.74, 6) is 0.643. The van der Waals surface area contributed by atoms with Gasteiger partial charge in [0.15, 0.2) is 5.82 Å². The lowest BCUT2D eigenvalue weighted by Gasteiger charge is -2.18. The van der Waals surface area contributed by atoms with Crippen molar-refractivity contribution in [2.45, 2.75) is 13.8 Å². The summed E-state index contributed by atoms with van der Waals surface area (Å²) >= 11 is 0. The third-order valence-corrected chi connectivity index (χ3v) is 3.96. The third kappa shape index (κ3) is 3.72. The van der Waals surface area contributed by atoms with Gasteiger partial charge in [0.25, 0.3) is 5.91 Å². The molecular formula is C21H22N4O. The molecular weight excluding hydrogens is 324 g/mol. The van der Waals surface area contributed by atoms with Crippen LogP contribution in [0.2, 0.25) is 0 Å². The number of benzene rings is 2. The highest BCUT2D eigenvalue weighted by Crippen LogP contribution is 2.21. The summed E-state index contributed by atoms with van der Waals surface area (Å²) < 4.78 is 1.72. The second-order valence-corrected chi connectivity index (χ2v) is 6.15. The van der Waals surface area contributed by atoms with E-state index in [1.165, 1.54) is 0 Å². The van der Waals surface area contributed by atoms with Crippen molar-refractivity contribution in [1.29, 1.82) is 0 Å². The molecule has 3 rings (SSSR count). The lowest BCUT2D eigenvalue weighted by Crippen LogP contribution is -2.33. The molecule has 0 saturated heterocycles. The monoisotopic (exact) mass is 346 g/mol. The molecule has 0 bridgehead atoms. The van der Waals surface area contributed by atoms with Crippen molar-refractivity contribution >= 4 is 5.91 Å². The van der Waals surface area contributed by atoms with Crippen molar-refractivity contribution in [1.82, 2.24) is 19.7 Å². The summed E-state index contributed by atoms with van der Waals surface area (Å²) in [5, 5.41) is 4.52. The minimum absolute atomic E-state index is 0.191. The maximum Gasteiger partial charge on any atom is 0.293 e. The van der Waals surface area contributed by atoms with E-state index in [-0.39, 0.29) is 11.7 Å². The highest BCUT2D eigenvalue weighted by Gasteiger charge is 2.22. The smallest absolute Gasteiger partial charge is 0.293 e. The Bertz CT molecular complexity index is 843. The number of carbonyl (C=O) groups excluding carboxylic acids is 1. The van der Waals surface area contributed by atoms with Crippen LogP contribution in [0.5, 0.6) is 0 Å². The molecule has 1 heterocycles. The quantitative estimate of drug-likeness (QED) is 0.635. The van der Waals surface area contributed by atoms with E-state index in [0.717, 1.165) is 16.8 Å². The molecule has 0 spiro atoms. The summed E-state index contributed by atoms with van der Waals surface area (Å²) in [5.41, 5.74) is 2.69. The Kier molecular flexibility index (Phi) is 5.27. The Morgan fingerprint density at radius 1 is 1.08 bits per heavy atom. The van der Waals surface area contributed by atoms with Crippen LogP contribution in [0.25, 0.3) is 17.1 Å². The SMILES string of the molecule is C=C(C)CN(CC)C(=O)c1nc(-c2ccccc2)n(-c2ccccc2)n1. The zero-order valence-electron chi connectivity index (χ0n) is 15.1. The molecule has 0 saturated carbocycles. The van der Waals surface area contributed by atoms with E-state index >= 15 is 0 Å². The first kappa shape index (κ1) is 17.6. The van der Waals surface area contributed by atoms with Gasteiger partial charge in [0.1, 0.15) is 0 Å². The van der Waals surface area contributed by atoms with Crippen LogP contribution in [0.4, 0.5) is 0 Å².